The van der Waals surface area contributed by atoms with Crippen LogP contribution in [-0.2, 0) is 4.74 Å². The molecule has 0 radical (unpaired) electrons. The molecule has 4 heteroatoms. The van der Waals surface area contributed by atoms with Crippen LogP contribution in [0.3, 0.4) is 0 Å². The molecule has 3 nitrogen and oxygen atoms in total. The number of rotatable bonds is 5. The van der Waals surface area contributed by atoms with E-state index in [9.17, 15) is 0 Å². The number of fused-ring (bicyclic) bond motifs is 1. The first kappa shape index (κ1) is 17.8. The van der Waals surface area contributed by atoms with Crippen molar-refractivity contribution in [1.29, 1.82) is 0 Å². The Hall–Kier alpha value is -1.52. The summed E-state index contributed by atoms with van der Waals surface area (Å²) in [6, 6.07) is 10.3. The largest absolute Gasteiger partial charge is 0.543 e. The summed E-state index contributed by atoms with van der Waals surface area (Å²) in [4.78, 5) is 0. The maximum atomic E-state index is 6.57. The van der Waals surface area contributed by atoms with E-state index in [2.05, 4.69) is 59.0 Å². The maximum Gasteiger partial charge on any atom is 0.250 e. The summed E-state index contributed by atoms with van der Waals surface area (Å²) >= 11 is 0. The molecular formula is C19H28O3Si. The van der Waals surface area contributed by atoms with Crippen molar-refractivity contribution in [3.05, 3.63) is 35.9 Å². The van der Waals surface area contributed by atoms with Crippen LogP contribution in [0, 0.1) is 6.92 Å². The fourth-order valence-corrected chi connectivity index (χ4v) is 3.27. The molecule has 0 heterocycles. The minimum Gasteiger partial charge on any atom is -0.543 e. The highest BCUT2D eigenvalue weighted by molar-refractivity contribution is 6.74. The Morgan fingerprint density at radius 1 is 1.00 bits per heavy atom. The fourth-order valence-electron chi connectivity index (χ4n) is 2.25. The van der Waals surface area contributed by atoms with E-state index < -0.39 is 8.32 Å². The van der Waals surface area contributed by atoms with Gasteiger partial charge in [0.1, 0.15) is 11.5 Å². The van der Waals surface area contributed by atoms with Crippen molar-refractivity contribution < 1.29 is 13.9 Å². The summed E-state index contributed by atoms with van der Waals surface area (Å²) in [5, 5.41) is 2.45. The number of ether oxygens (including phenoxy) is 2. The van der Waals surface area contributed by atoms with E-state index in [1.54, 1.807) is 7.11 Å². The van der Waals surface area contributed by atoms with E-state index in [-0.39, 0.29) is 11.8 Å². The minimum absolute atomic E-state index is 0.145. The van der Waals surface area contributed by atoms with Crippen LogP contribution < -0.4 is 9.16 Å². The molecule has 0 aliphatic carbocycles. The third-order valence-electron chi connectivity index (χ3n) is 4.73. The first-order valence-electron chi connectivity index (χ1n) is 8.00. The standard InChI is InChI=1S/C19H28O3Si/c1-14-15-10-8-9-11-16(15)18(12-17(14)21-13-20-5)22-23(6,7)19(2,3)4/h8-12H,13H2,1-7H3. The predicted molar refractivity (Wildman–Crippen MR) is 99.0 cm³/mol. The highest BCUT2D eigenvalue weighted by atomic mass is 28.4. The first-order chi connectivity index (χ1) is 10.7. The van der Waals surface area contributed by atoms with Crippen LogP contribution in [0.5, 0.6) is 11.5 Å². The molecule has 2 aromatic carbocycles. The summed E-state index contributed by atoms with van der Waals surface area (Å²) in [5.41, 5.74) is 1.11. The molecule has 2 rings (SSSR count). The van der Waals surface area contributed by atoms with Gasteiger partial charge in [-0.1, -0.05) is 45.0 Å². The second kappa shape index (κ2) is 6.54. The van der Waals surface area contributed by atoms with E-state index in [0.29, 0.717) is 0 Å². The van der Waals surface area contributed by atoms with Crippen LogP contribution in [0.4, 0.5) is 0 Å². The molecule has 0 N–H and O–H groups in total. The highest BCUT2D eigenvalue weighted by Crippen LogP contribution is 2.41. The monoisotopic (exact) mass is 332 g/mol. The molecule has 0 atom stereocenters. The smallest absolute Gasteiger partial charge is 0.250 e. The zero-order valence-corrected chi connectivity index (χ0v) is 16.3. The second-order valence-electron chi connectivity index (χ2n) is 7.46. The summed E-state index contributed by atoms with van der Waals surface area (Å²) in [6.07, 6.45) is 0. The Labute approximate surface area is 140 Å². The molecule has 0 spiro atoms. The quantitative estimate of drug-likeness (QED) is 0.533. The van der Waals surface area contributed by atoms with Gasteiger partial charge in [-0.2, -0.15) is 0 Å². The van der Waals surface area contributed by atoms with Crippen LogP contribution in [0.15, 0.2) is 30.3 Å². The zero-order valence-electron chi connectivity index (χ0n) is 15.3. The van der Waals surface area contributed by atoms with Gasteiger partial charge >= 0.3 is 0 Å². The van der Waals surface area contributed by atoms with E-state index in [1.165, 1.54) is 0 Å². The molecule has 0 bridgehead atoms. The molecule has 0 aliphatic heterocycles. The normalized spacial score (nSPS) is 12.5. The van der Waals surface area contributed by atoms with Gasteiger partial charge < -0.3 is 13.9 Å². The number of aryl methyl sites for hydroxylation is 1. The number of methoxy groups -OCH3 is 1. The molecule has 2 aromatic rings. The Morgan fingerprint density at radius 2 is 1.61 bits per heavy atom. The SMILES string of the molecule is COCOc1cc(O[Si](C)(C)C(C)(C)C)c2ccccc2c1C. The van der Waals surface area contributed by atoms with Gasteiger partial charge in [-0.25, -0.2) is 0 Å². The average molecular weight is 333 g/mol. The molecule has 23 heavy (non-hydrogen) atoms. The number of benzene rings is 2. The van der Waals surface area contributed by atoms with Crippen molar-refractivity contribution in [3.8, 4) is 11.5 Å². The molecule has 0 amide bonds. The van der Waals surface area contributed by atoms with Crippen LogP contribution in [0.1, 0.15) is 26.3 Å². The zero-order chi connectivity index (χ0) is 17.3. The van der Waals surface area contributed by atoms with Crippen molar-refractivity contribution in [2.24, 2.45) is 0 Å². The van der Waals surface area contributed by atoms with Crippen LogP contribution >= 0.6 is 0 Å². The Kier molecular flexibility index (Phi) is 5.06. The van der Waals surface area contributed by atoms with Crippen molar-refractivity contribution in [1.82, 2.24) is 0 Å². The van der Waals surface area contributed by atoms with Gasteiger partial charge in [-0.05, 0) is 36.0 Å². The average Bonchev–Trinajstić information content (AvgIpc) is 2.47. The van der Waals surface area contributed by atoms with E-state index in [0.717, 1.165) is 27.8 Å². The molecule has 0 fully saturated rings. The van der Waals surface area contributed by atoms with Gasteiger partial charge in [-0.3, -0.25) is 0 Å². The lowest BCUT2D eigenvalue weighted by molar-refractivity contribution is 0.0506. The van der Waals surface area contributed by atoms with E-state index >= 15 is 0 Å². The summed E-state index contributed by atoms with van der Waals surface area (Å²) in [7, 11) is -0.293. The van der Waals surface area contributed by atoms with Gasteiger partial charge in [0.15, 0.2) is 6.79 Å². The molecule has 0 aliphatic rings. The van der Waals surface area contributed by atoms with Gasteiger partial charge in [0, 0.05) is 18.6 Å². The van der Waals surface area contributed by atoms with Gasteiger partial charge in [0.25, 0.3) is 8.32 Å². The van der Waals surface area contributed by atoms with E-state index in [1.807, 2.05) is 12.1 Å². The van der Waals surface area contributed by atoms with Gasteiger partial charge in [0.2, 0.25) is 0 Å². The highest BCUT2D eigenvalue weighted by Gasteiger charge is 2.39. The van der Waals surface area contributed by atoms with Crippen molar-refractivity contribution >= 4 is 19.1 Å². The summed E-state index contributed by atoms with van der Waals surface area (Å²) in [5.74, 6) is 1.73. The summed E-state index contributed by atoms with van der Waals surface area (Å²) < 4.78 is 17.4. The maximum absolute atomic E-state index is 6.57. The molecule has 0 aromatic heterocycles. The predicted octanol–water partition coefficient (Wildman–Crippen LogP) is 5.51. The lowest BCUT2D eigenvalue weighted by atomic mass is 10.0. The Bertz CT molecular complexity index is 687. The Balaban J connectivity index is 2.56. The van der Waals surface area contributed by atoms with Crippen LogP contribution in [0.2, 0.25) is 18.1 Å². The summed E-state index contributed by atoms with van der Waals surface area (Å²) in [6.45, 7) is 13.6. The van der Waals surface area contributed by atoms with Gasteiger partial charge in [0.05, 0.1) is 0 Å². The van der Waals surface area contributed by atoms with Crippen LogP contribution in [0.25, 0.3) is 10.8 Å². The minimum atomic E-state index is -1.92. The molecule has 0 unspecified atom stereocenters. The molecular weight excluding hydrogens is 304 g/mol. The third-order valence-corrected chi connectivity index (χ3v) is 9.07. The molecule has 0 saturated carbocycles. The molecule has 126 valence electrons. The lowest BCUT2D eigenvalue weighted by Crippen LogP contribution is -2.43. The Morgan fingerprint density at radius 3 is 2.17 bits per heavy atom. The van der Waals surface area contributed by atoms with Crippen molar-refractivity contribution in [2.45, 2.75) is 45.8 Å². The topological polar surface area (TPSA) is 27.7 Å². The fraction of sp³-hybridized carbons (Fsp3) is 0.474. The van der Waals surface area contributed by atoms with Gasteiger partial charge in [-0.15, -0.1) is 0 Å². The van der Waals surface area contributed by atoms with E-state index in [4.69, 9.17) is 13.9 Å². The van der Waals surface area contributed by atoms with Crippen molar-refractivity contribution in [3.63, 3.8) is 0 Å². The number of hydrogen-bond donors (Lipinski definition) is 0. The van der Waals surface area contributed by atoms with Crippen LogP contribution in [-0.4, -0.2) is 22.2 Å². The molecule has 0 saturated heterocycles. The second-order valence-corrected chi connectivity index (χ2v) is 12.2. The first-order valence-corrected chi connectivity index (χ1v) is 10.9. The van der Waals surface area contributed by atoms with Crippen molar-refractivity contribution in [2.75, 3.05) is 13.9 Å². The number of hydrogen-bond acceptors (Lipinski definition) is 3. The third kappa shape index (κ3) is 3.70. The lowest BCUT2D eigenvalue weighted by Gasteiger charge is -2.37.